The topological polar surface area (TPSA) is 72.8 Å². The molecule has 0 unspecified atom stereocenters. The lowest BCUT2D eigenvalue weighted by atomic mass is 10.0. The summed E-state index contributed by atoms with van der Waals surface area (Å²) < 4.78 is 11.3. The van der Waals surface area contributed by atoms with Gasteiger partial charge in [0.15, 0.2) is 17.6 Å². The molecule has 0 aliphatic carbocycles. The summed E-state index contributed by atoms with van der Waals surface area (Å²) in [6.07, 6.45) is -0.272. The van der Waals surface area contributed by atoms with Gasteiger partial charge in [-0.2, -0.15) is 0 Å². The number of phenolic OH excluding ortho intramolecular Hbond substituents is 1. The van der Waals surface area contributed by atoms with Crippen molar-refractivity contribution in [2.24, 2.45) is 0 Å². The molecule has 1 aliphatic heterocycles. The van der Waals surface area contributed by atoms with E-state index in [1.165, 1.54) is 6.07 Å². The molecular formula is C17H20O5. The van der Waals surface area contributed by atoms with Crippen molar-refractivity contribution in [2.45, 2.75) is 47.1 Å². The van der Waals surface area contributed by atoms with Gasteiger partial charge >= 0.3 is 5.97 Å². The summed E-state index contributed by atoms with van der Waals surface area (Å²) in [5, 5.41) is 9.92. The highest BCUT2D eigenvalue weighted by Gasteiger charge is 2.32. The number of esters is 1. The van der Waals surface area contributed by atoms with Crippen LogP contribution in [-0.2, 0) is 9.53 Å². The minimum Gasteiger partial charge on any atom is -0.508 e. The fraction of sp³-hybridized carbons (Fsp3) is 0.412. The first-order valence-electron chi connectivity index (χ1n) is 7.23. The second-order valence-corrected chi connectivity index (χ2v) is 5.46. The number of Topliss-reactive ketones (excluding diaryl/α,β-unsaturated/α-hetero) is 1. The molecule has 1 heterocycles. The highest BCUT2D eigenvalue weighted by Crippen LogP contribution is 2.38. The maximum Gasteiger partial charge on any atom is 0.347 e. The molecule has 5 nitrogen and oxygen atoms in total. The average Bonchev–Trinajstić information content (AvgIpc) is 2.60. The lowest BCUT2D eigenvalue weighted by Gasteiger charge is -2.17. The van der Waals surface area contributed by atoms with Gasteiger partial charge in [-0.1, -0.05) is 6.92 Å². The van der Waals surface area contributed by atoms with Crippen molar-refractivity contribution >= 4 is 11.8 Å². The molecular weight excluding hydrogens is 284 g/mol. The standard InChI is InChI=1S/C17H20O5/c1-6-12(18)9(3)15-11(5)21-16-10(4)13(19)7-8(2)14(16)17(20)22-15/h7,11,19H,6H2,1-5H3/b15-9+/t11-/m1/s1. The molecule has 0 bridgehead atoms. The van der Waals surface area contributed by atoms with E-state index in [1.807, 2.05) is 0 Å². The first kappa shape index (κ1) is 16.1. The van der Waals surface area contributed by atoms with Crippen molar-refractivity contribution < 1.29 is 24.2 Å². The number of ether oxygens (including phenoxy) is 2. The summed E-state index contributed by atoms with van der Waals surface area (Å²) in [4.78, 5) is 24.3. The average molecular weight is 304 g/mol. The molecule has 1 aromatic rings. The summed E-state index contributed by atoms with van der Waals surface area (Å²) in [7, 11) is 0. The Hall–Kier alpha value is -2.30. The molecule has 1 aliphatic rings. The van der Waals surface area contributed by atoms with Gasteiger partial charge in [-0.25, -0.2) is 4.79 Å². The highest BCUT2D eigenvalue weighted by molar-refractivity contribution is 5.99. The summed E-state index contributed by atoms with van der Waals surface area (Å²) in [6.45, 7) is 8.46. The normalized spacial score (nSPS) is 19.7. The number of hydrogen-bond donors (Lipinski definition) is 1. The Labute approximate surface area is 129 Å². The highest BCUT2D eigenvalue weighted by atomic mass is 16.6. The second kappa shape index (κ2) is 5.83. The van der Waals surface area contributed by atoms with Gasteiger partial charge in [0.05, 0.1) is 0 Å². The van der Waals surface area contributed by atoms with Crippen molar-refractivity contribution in [3.63, 3.8) is 0 Å². The molecule has 0 aromatic heterocycles. The van der Waals surface area contributed by atoms with E-state index in [0.717, 1.165) is 0 Å². The van der Waals surface area contributed by atoms with Gasteiger partial charge in [-0.3, -0.25) is 4.79 Å². The van der Waals surface area contributed by atoms with E-state index in [9.17, 15) is 14.7 Å². The quantitative estimate of drug-likeness (QED) is 0.671. The molecule has 1 aromatic carbocycles. The number of benzene rings is 1. The van der Waals surface area contributed by atoms with Crippen molar-refractivity contribution in [3.05, 3.63) is 34.1 Å². The van der Waals surface area contributed by atoms with Crippen molar-refractivity contribution in [3.8, 4) is 11.5 Å². The number of carbonyl (C=O) groups excluding carboxylic acids is 2. The van der Waals surface area contributed by atoms with Crippen LogP contribution in [0.15, 0.2) is 17.4 Å². The van der Waals surface area contributed by atoms with Gasteiger partial charge in [0.1, 0.15) is 17.1 Å². The van der Waals surface area contributed by atoms with Crippen molar-refractivity contribution in [2.75, 3.05) is 0 Å². The van der Waals surface area contributed by atoms with Crippen LogP contribution in [0.5, 0.6) is 11.5 Å². The number of allylic oxidation sites excluding steroid dienone is 1. The van der Waals surface area contributed by atoms with Crippen LogP contribution in [0.2, 0.25) is 0 Å². The van der Waals surface area contributed by atoms with Crippen LogP contribution in [-0.4, -0.2) is 23.0 Å². The number of aryl methyl sites for hydroxylation is 1. The third kappa shape index (κ3) is 2.58. The van der Waals surface area contributed by atoms with Gasteiger partial charge < -0.3 is 14.6 Å². The number of fused-ring (bicyclic) bond motifs is 1. The number of aromatic hydroxyl groups is 1. The lowest BCUT2D eigenvalue weighted by molar-refractivity contribution is -0.115. The van der Waals surface area contributed by atoms with E-state index in [4.69, 9.17) is 9.47 Å². The fourth-order valence-electron chi connectivity index (χ4n) is 2.52. The number of hydrogen-bond acceptors (Lipinski definition) is 5. The molecule has 1 N–H and O–H groups in total. The molecule has 0 saturated heterocycles. The van der Waals surface area contributed by atoms with E-state index >= 15 is 0 Å². The van der Waals surface area contributed by atoms with Crippen LogP contribution in [0.1, 0.15) is 48.7 Å². The number of carbonyl (C=O) groups is 2. The molecule has 0 amide bonds. The lowest BCUT2D eigenvalue weighted by Crippen LogP contribution is -2.19. The molecule has 0 saturated carbocycles. The molecule has 0 fully saturated rings. The zero-order valence-electron chi connectivity index (χ0n) is 13.4. The van der Waals surface area contributed by atoms with Crippen LogP contribution in [0.25, 0.3) is 0 Å². The predicted octanol–water partition coefficient (Wildman–Crippen LogP) is 3.20. The van der Waals surface area contributed by atoms with Gasteiger partial charge in [0.2, 0.25) is 0 Å². The Kier molecular flexibility index (Phi) is 4.26. The molecule has 5 heteroatoms. The Balaban J connectivity index is 2.61. The molecule has 1 atom stereocenters. The van der Waals surface area contributed by atoms with Crippen LogP contribution in [0.3, 0.4) is 0 Å². The SMILES string of the molecule is CCC(=O)/C(C)=C1/OC(=O)c2c(C)cc(O)c(C)c2O[C@@H]1C. The summed E-state index contributed by atoms with van der Waals surface area (Å²) in [5.41, 5.74) is 1.71. The van der Waals surface area contributed by atoms with E-state index in [-0.39, 0.29) is 22.9 Å². The Morgan fingerprint density at radius 2 is 2.00 bits per heavy atom. The minimum absolute atomic E-state index is 0.0602. The summed E-state index contributed by atoms with van der Waals surface area (Å²) in [6, 6.07) is 1.50. The molecule has 22 heavy (non-hydrogen) atoms. The second-order valence-electron chi connectivity index (χ2n) is 5.46. The smallest absolute Gasteiger partial charge is 0.347 e. The predicted molar refractivity (Wildman–Crippen MR) is 81.1 cm³/mol. The van der Waals surface area contributed by atoms with E-state index in [1.54, 1.807) is 34.6 Å². The molecule has 2 rings (SSSR count). The van der Waals surface area contributed by atoms with Crippen LogP contribution < -0.4 is 4.74 Å². The maximum absolute atomic E-state index is 12.4. The Bertz CT molecular complexity index is 685. The first-order valence-corrected chi connectivity index (χ1v) is 7.23. The van der Waals surface area contributed by atoms with Gasteiger partial charge in [-0.15, -0.1) is 0 Å². The van der Waals surface area contributed by atoms with Crippen molar-refractivity contribution in [1.82, 2.24) is 0 Å². The van der Waals surface area contributed by atoms with Crippen LogP contribution >= 0.6 is 0 Å². The molecule has 0 radical (unpaired) electrons. The fourth-order valence-corrected chi connectivity index (χ4v) is 2.52. The maximum atomic E-state index is 12.4. The zero-order valence-corrected chi connectivity index (χ0v) is 13.4. The summed E-state index contributed by atoms with van der Waals surface area (Å²) in [5.74, 6) is -0.0724. The summed E-state index contributed by atoms with van der Waals surface area (Å²) >= 11 is 0. The number of ketones is 1. The largest absolute Gasteiger partial charge is 0.508 e. The third-order valence-electron chi connectivity index (χ3n) is 3.88. The molecule has 118 valence electrons. The number of rotatable bonds is 2. The van der Waals surface area contributed by atoms with E-state index < -0.39 is 12.1 Å². The van der Waals surface area contributed by atoms with E-state index in [0.29, 0.717) is 28.9 Å². The van der Waals surface area contributed by atoms with Crippen LogP contribution in [0, 0.1) is 13.8 Å². The van der Waals surface area contributed by atoms with Gasteiger partial charge in [-0.05, 0) is 39.3 Å². The first-order chi connectivity index (χ1) is 10.3. The Morgan fingerprint density at radius 1 is 1.36 bits per heavy atom. The minimum atomic E-state index is -0.597. The van der Waals surface area contributed by atoms with Crippen molar-refractivity contribution in [1.29, 1.82) is 0 Å². The monoisotopic (exact) mass is 304 g/mol. The van der Waals surface area contributed by atoms with Crippen LogP contribution in [0.4, 0.5) is 0 Å². The van der Waals surface area contributed by atoms with E-state index in [2.05, 4.69) is 0 Å². The van der Waals surface area contributed by atoms with Gasteiger partial charge in [0, 0.05) is 17.6 Å². The Morgan fingerprint density at radius 3 is 2.59 bits per heavy atom. The third-order valence-corrected chi connectivity index (χ3v) is 3.88. The van der Waals surface area contributed by atoms with Gasteiger partial charge in [0.25, 0.3) is 0 Å². The number of phenols is 1. The number of cyclic esters (lactones) is 1. The molecule has 0 spiro atoms. The zero-order chi connectivity index (χ0) is 16.6.